The van der Waals surface area contributed by atoms with E-state index < -0.39 is 46.0 Å². The van der Waals surface area contributed by atoms with E-state index in [1.807, 2.05) is 6.07 Å². The number of ketones is 2. The molecular formula is C21H23NO9S2. The maximum atomic E-state index is 13.2. The fourth-order valence-corrected chi connectivity index (χ4v) is 5.70. The fourth-order valence-electron chi connectivity index (χ4n) is 4.78. The molecule has 2 aliphatic rings. The molecule has 0 amide bonds. The van der Waals surface area contributed by atoms with Gasteiger partial charge in [0.2, 0.25) is 17.5 Å². The zero-order chi connectivity index (χ0) is 24.3. The molecule has 4 rings (SSSR count). The van der Waals surface area contributed by atoms with E-state index in [0.717, 1.165) is 24.0 Å². The molecule has 178 valence electrons. The van der Waals surface area contributed by atoms with Gasteiger partial charge in [-0.05, 0) is 42.7 Å². The number of carbonyl (C=O) groups excluding carboxylic acids is 2. The number of hydrogen-bond acceptors (Lipinski definition) is 8. The van der Waals surface area contributed by atoms with Crippen LogP contribution in [-0.2, 0) is 37.3 Å². The molecule has 12 heteroatoms. The lowest BCUT2D eigenvalue weighted by atomic mass is 9.69. The van der Waals surface area contributed by atoms with Crippen LogP contribution in [0.2, 0.25) is 0 Å². The number of fused-ring (bicyclic) bond motifs is 5. The Balaban J connectivity index is 1.90. The van der Waals surface area contributed by atoms with Crippen LogP contribution in [0.3, 0.4) is 0 Å². The third-order valence-electron chi connectivity index (χ3n) is 6.29. The SMILES string of the molecule is Cc1c(N(CCO[SH](=O)=O)S(=O)(=O)O)oc2c1C(=O)C(=O)c1c-2ccc2c1CCCC2(C)C. The second-order valence-corrected chi connectivity index (χ2v) is 10.8. The fraction of sp³-hybridized carbons (Fsp3) is 0.429. The molecule has 0 radical (unpaired) electrons. The highest BCUT2D eigenvalue weighted by Crippen LogP contribution is 2.47. The highest BCUT2D eigenvalue weighted by molar-refractivity contribution is 7.87. The third-order valence-corrected chi connectivity index (χ3v) is 7.59. The predicted molar refractivity (Wildman–Crippen MR) is 119 cm³/mol. The lowest BCUT2D eigenvalue weighted by Gasteiger charge is -2.34. The Hall–Kier alpha value is -2.54. The molecule has 0 aliphatic heterocycles. The monoisotopic (exact) mass is 497 g/mol. The Labute approximate surface area is 192 Å². The van der Waals surface area contributed by atoms with Gasteiger partial charge < -0.3 is 4.42 Å². The molecule has 10 nitrogen and oxygen atoms in total. The predicted octanol–water partition coefficient (Wildman–Crippen LogP) is 2.40. The van der Waals surface area contributed by atoms with Crippen molar-refractivity contribution in [1.29, 1.82) is 0 Å². The minimum atomic E-state index is -4.91. The molecule has 0 bridgehead atoms. The molecule has 1 heterocycles. The van der Waals surface area contributed by atoms with E-state index in [9.17, 15) is 31.0 Å². The van der Waals surface area contributed by atoms with Gasteiger partial charge in [-0.15, -0.1) is 0 Å². The van der Waals surface area contributed by atoms with Gasteiger partial charge in [-0.1, -0.05) is 26.0 Å². The summed E-state index contributed by atoms with van der Waals surface area (Å²) in [6, 6.07) is 3.59. The standard InChI is InChI=1S/C21H23NO9S2/c1-11-15-17(23)18(24)16-12-5-4-8-21(2,3)14(12)7-6-13(16)19(15)31-20(11)22(33(27,28)29)9-10-30-32(25)26/h6-7,32H,4-5,8-10H2,1-3H3,(H,27,28,29). The summed E-state index contributed by atoms with van der Waals surface area (Å²) in [6.45, 7) is 4.37. The van der Waals surface area contributed by atoms with Crippen molar-refractivity contribution >= 4 is 38.7 Å². The number of furan rings is 1. The minimum absolute atomic E-state index is 0.0381. The smallest absolute Gasteiger partial charge is 0.362 e. The number of carbonyl (C=O) groups is 2. The third kappa shape index (κ3) is 3.90. The lowest BCUT2D eigenvalue weighted by molar-refractivity contribution is 0.0813. The first-order valence-electron chi connectivity index (χ1n) is 10.3. The summed E-state index contributed by atoms with van der Waals surface area (Å²) in [5, 5.41) is 0. The van der Waals surface area contributed by atoms with E-state index in [0.29, 0.717) is 16.3 Å². The van der Waals surface area contributed by atoms with E-state index in [2.05, 4.69) is 18.0 Å². The summed E-state index contributed by atoms with van der Waals surface area (Å²) in [6.07, 6.45) is 2.42. The Morgan fingerprint density at radius 3 is 2.48 bits per heavy atom. The molecular weight excluding hydrogens is 474 g/mol. The number of benzene rings is 1. The number of hydrogen-bond donors (Lipinski definition) is 2. The van der Waals surface area contributed by atoms with Crippen LogP contribution < -0.4 is 4.31 Å². The summed E-state index contributed by atoms with van der Waals surface area (Å²) >= 11 is 0. The largest absolute Gasteiger partial charge is 0.438 e. The second kappa shape index (κ2) is 8.05. The van der Waals surface area contributed by atoms with Crippen molar-refractivity contribution in [2.45, 2.75) is 45.4 Å². The van der Waals surface area contributed by atoms with Crippen molar-refractivity contribution in [3.05, 3.63) is 39.9 Å². The second-order valence-electron chi connectivity index (χ2n) is 8.75. The Morgan fingerprint density at radius 2 is 1.85 bits per heavy atom. The van der Waals surface area contributed by atoms with E-state index in [1.165, 1.54) is 6.92 Å². The zero-order valence-electron chi connectivity index (χ0n) is 18.2. The Bertz CT molecular complexity index is 1360. The highest BCUT2D eigenvalue weighted by atomic mass is 32.2. The van der Waals surface area contributed by atoms with Crippen molar-refractivity contribution < 1.29 is 39.6 Å². The first kappa shape index (κ1) is 23.6. The summed E-state index contributed by atoms with van der Waals surface area (Å²) in [7, 11) is -8.14. The van der Waals surface area contributed by atoms with Crippen LogP contribution in [0.15, 0.2) is 16.5 Å². The summed E-state index contributed by atoms with van der Waals surface area (Å²) < 4.78 is 65.5. The van der Waals surface area contributed by atoms with Crippen molar-refractivity contribution in [1.82, 2.24) is 0 Å². The molecule has 2 aromatic rings. The van der Waals surface area contributed by atoms with Crippen LogP contribution in [0.5, 0.6) is 0 Å². The molecule has 1 aromatic heterocycles. The van der Waals surface area contributed by atoms with E-state index >= 15 is 0 Å². The minimum Gasteiger partial charge on any atom is -0.438 e. The highest BCUT2D eigenvalue weighted by Gasteiger charge is 2.42. The van der Waals surface area contributed by atoms with Gasteiger partial charge in [0.25, 0.3) is 11.0 Å². The van der Waals surface area contributed by atoms with Crippen molar-refractivity contribution in [2.75, 3.05) is 17.5 Å². The van der Waals surface area contributed by atoms with Crippen molar-refractivity contribution in [2.24, 2.45) is 0 Å². The quantitative estimate of drug-likeness (QED) is 0.349. The van der Waals surface area contributed by atoms with Gasteiger partial charge in [0, 0.05) is 16.7 Å². The number of anilines is 1. The summed E-state index contributed by atoms with van der Waals surface area (Å²) in [4.78, 5) is 26.3. The maximum absolute atomic E-state index is 13.2. The molecule has 0 saturated heterocycles. The van der Waals surface area contributed by atoms with Crippen LogP contribution in [-0.4, -0.2) is 46.1 Å². The van der Waals surface area contributed by atoms with Gasteiger partial charge in [0.15, 0.2) is 0 Å². The molecule has 1 aromatic carbocycles. The number of thiol groups is 1. The van der Waals surface area contributed by atoms with Crippen molar-refractivity contribution in [3.8, 4) is 11.3 Å². The molecule has 0 atom stereocenters. The number of rotatable bonds is 6. The zero-order valence-corrected chi connectivity index (χ0v) is 19.9. The molecule has 0 saturated carbocycles. The van der Waals surface area contributed by atoms with Crippen LogP contribution in [0, 0.1) is 6.92 Å². The first-order valence-corrected chi connectivity index (χ1v) is 12.8. The van der Waals surface area contributed by atoms with Gasteiger partial charge in [-0.3, -0.25) is 18.3 Å². The molecule has 0 spiro atoms. The molecule has 1 N–H and O–H groups in total. The van der Waals surface area contributed by atoms with Crippen molar-refractivity contribution in [3.63, 3.8) is 0 Å². The van der Waals surface area contributed by atoms with Gasteiger partial charge in [-0.2, -0.15) is 8.42 Å². The molecule has 0 unspecified atom stereocenters. The maximum Gasteiger partial charge on any atom is 0.362 e. The summed E-state index contributed by atoms with van der Waals surface area (Å²) in [5.74, 6) is -1.86. The topological polar surface area (TPSA) is 148 Å². The van der Waals surface area contributed by atoms with E-state index in [1.54, 1.807) is 6.07 Å². The molecule has 33 heavy (non-hydrogen) atoms. The Kier molecular flexibility index (Phi) is 5.76. The summed E-state index contributed by atoms with van der Waals surface area (Å²) in [5.41, 5.74) is 2.23. The average molecular weight is 498 g/mol. The normalized spacial score (nSPS) is 17.0. The average Bonchev–Trinajstić information content (AvgIpc) is 3.04. The molecule has 2 aliphatic carbocycles. The first-order chi connectivity index (χ1) is 15.3. The van der Waals surface area contributed by atoms with Gasteiger partial charge in [0.1, 0.15) is 5.76 Å². The molecule has 0 fully saturated rings. The van der Waals surface area contributed by atoms with Crippen LogP contribution in [0.1, 0.15) is 64.1 Å². The van der Waals surface area contributed by atoms with Crippen LogP contribution in [0.4, 0.5) is 5.88 Å². The van der Waals surface area contributed by atoms with Crippen LogP contribution in [0.25, 0.3) is 11.3 Å². The van der Waals surface area contributed by atoms with Gasteiger partial charge in [-0.25, -0.2) is 12.7 Å². The number of Topliss-reactive ketones (excluding diaryl/α,β-unsaturated/α-hetero) is 2. The number of nitrogens with zero attached hydrogens (tertiary/aromatic N) is 1. The van der Waals surface area contributed by atoms with Crippen LogP contribution >= 0.6 is 0 Å². The van der Waals surface area contributed by atoms with Gasteiger partial charge in [0.05, 0.1) is 18.7 Å². The van der Waals surface area contributed by atoms with E-state index in [4.69, 9.17) is 4.42 Å². The Morgan fingerprint density at radius 1 is 1.18 bits per heavy atom. The van der Waals surface area contributed by atoms with Gasteiger partial charge >= 0.3 is 10.3 Å². The lowest BCUT2D eigenvalue weighted by Crippen LogP contribution is -2.33. The van der Waals surface area contributed by atoms with E-state index in [-0.39, 0.29) is 33.7 Å².